The molecule has 4 nitrogen and oxygen atoms in total. The van der Waals surface area contributed by atoms with Crippen LogP contribution in [0.3, 0.4) is 0 Å². The molecular weight excluding hydrogens is 240 g/mol. The molecule has 1 heterocycles. The molecular formula is C12H9ClN2O2. The Morgan fingerprint density at radius 2 is 2.06 bits per heavy atom. The van der Waals surface area contributed by atoms with Gasteiger partial charge in [0, 0.05) is 24.5 Å². The van der Waals surface area contributed by atoms with Crippen LogP contribution < -0.4 is 0 Å². The number of halogens is 1. The van der Waals surface area contributed by atoms with Crippen LogP contribution in [0.25, 0.3) is 0 Å². The number of rotatable bonds is 3. The maximum atomic E-state index is 10.6. The van der Waals surface area contributed by atoms with Gasteiger partial charge in [0.1, 0.15) is 0 Å². The highest BCUT2D eigenvalue weighted by Gasteiger charge is 2.06. The predicted molar refractivity (Wildman–Crippen MR) is 65.1 cm³/mol. The predicted octanol–water partition coefficient (Wildman–Crippen LogP) is 3.23. The molecule has 2 aromatic rings. The number of non-ortho nitro benzene ring substituents is 1. The van der Waals surface area contributed by atoms with Gasteiger partial charge in [-0.3, -0.25) is 15.1 Å². The van der Waals surface area contributed by atoms with Crippen molar-refractivity contribution in [1.82, 2.24) is 4.98 Å². The standard InChI is InChI=1S/C12H9ClN2O2/c13-11-5-10(7-14-8-11)4-9-2-1-3-12(6-9)15(16)17/h1-3,5-8H,4H2. The Balaban J connectivity index is 2.24. The summed E-state index contributed by atoms with van der Waals surface area (Å²) >= 11 is 5.82. The van der Waals surface area contributed by atoms with Crippen molar-refractivity contribution in [2.24, 2.45) is 0 Å². The van der Waals surface area contributed by atoms with Crippen molar-refractivity contribution in [2.75, 3.05) is 0 Å². The van der Waals surface area contributed by atoms with Crippen molar-refractivity contribution >= 4 is 17.3 Å². The van der Waals surface area contributed by atoms with E-state index in [0.29, 0.717) is 11.4 Å². The zero-order valence-electron chi connectivity index (χ0n) is 8.84. The number of aromatic nitrogens is 1. The van der Waals surface area contributed by atoms with Gasteiger partial charge in [0.2, 0.25) is 0 Å². The lowest BCUT2D eigenvalue weighted by Crippen LogP contribution is -1.92. The largest absolute Gasteiger partial charge is 0.269 e. The molecule has 0 bridgehead atoms. The second-order valence-corrected chi connectivity index (χ2v) is 4.05. The molecule has 0 saturated carbocycles. The van der Waals surface area contributed by atoms with Crippen molar-refractivity contribution < 1.29 is 4.92 Å². The summed E-state index contributed by atoms with van der Waals surface area (Å²) in [5.74, 6) is 0. The van der Waals surface area contributed by atoms with E-state index in [4.69, 9.17) is 11.6 Å². The fourth-order valence-corrected chi connectivity index (χ4v) is 1.76. The van der Waals surface area contributed by atoms with Crippen LogP contribution in [0.15, 0.2) is 42.7 Å². The number of hydrogen-bond donors (Lipinski definition) is 0. The number of pyridine rings is 1. The average molecular weight is 249 g/mol. The number of nitrogens with zero attached hydrogens (tertiary/aromatic N) is 2. The minimum absolute atomic E-state index is 0.0949. The van der Waals surface area contributed by atoms with E-state index in [2.05, 4.69) is 4.98 Å². The van der Waals surface area contributed by atoms with E-state index < -0.39 is 4.92 Å². The lowest BCUT2D eigenvalue weighted by Gasteiger charge is -2.01. The molecule has 5 heteroatoms. The normalized spacial score (nSPS) is 10.2. The van der Waals surface area contributed by atoms with E-state index in [1.807, 2.05) is 6.07 Å². The van der Waals surface area contributed by atoms with Gasteiger partial charge in [-0.2, -0.15) is 0 Å². The Morgan fingerprint density at radius 3 is 2.76 bits per heavy atom. The Bertz CT molecular complexity index is 558. The quantitative estimate of drug-likeness (QED) is 0.619. The van der Waals surface area contributed by atoms with Crippen LogP contribution in [-0.2, 0) is 6.42 Å². The fraction of sp³-hybridized carbons (Fsp3) is 0.0833. The van der Waals surface area contributed by atoms with Gasteiger partial charge in [0.15, 0.2) is 0 Å². The second kappa shape index (κ2) is 4.93. The lowest BCUT2D eigenvalue weighted by atomic mass is 10.1. The summed E-state index contributed by atoms with van der Waals surface area (Å²) in [7, 11) is 0. The fourth-order valence-electron chi connectivity index (χ4n) is 1.57. The number of benzene rings is 1. The summed E-state index contributed by atoms with van der Waals surface area (Å²) in [5.41, 5.74) is 1.89. The van der Waals surface area contributed by atoms with E-state index in [1.165, 1.54) is 6.07 Å². The van der Waals surface area contributed by atoms with Gasteiger partial charge in [-0.05, 0) is 23.6 Å². The van der Waals surface area contributed by atoms with Gasteiger partial charge in [0.25, 0.3) is 5.69 Å². The third-order valence-electron chi connectivity index (χ3n) is 2.29. The third kappa shape index (κ3) is 3.01. The molecule has 0 atom stereocenters. The maximum absolute atomic E-state index is 10.6. The Hall–Kier alpha value is -1.94. The van der Waals surface area contributed by atoms with Gasteiger partial charge >= 0.3 is 0 Å². The Kier molecular flexibility index (Phi) is 3.35. The van der Waals surface area contributed by atoms with Crippen molar-refractivity contribution in [3.05, 3.63) is 69.0 Å². The van der Waals surface area contributed by atoms with Crippen LogP contribution in [0.2, 0.25) is 5.02 Å². The molecule has 1 aromatic carbocycles. The monoisotopic (exact) mass is 248 g/mol. The first-order valence-corrected chi connectivity index (χ1v) is 5.36. The van der Waals surface area contributed by atoms with Gasteiger partial charge in [-0.1, -0.05) is 23.7 Å². The Morgan fingerprint density at radius 1 is 1.24 bits per heavy atom. The van der Waals surface area contributed by atoms with Gasteiger partial charge in [-0.15, -0.1) is 0 Å². The lowest BCUT2D eigenvalue weighted by molar-refractivity contribution is -0.384. The summed E-state index contributed by atoms with van der Waals surface area (Å²) in [6.45, 7) is 0. The van der Waals surface area contributed by atoms with E-state index in [9.17, 15) is 10.1 Å². The zero-order valence-corrected chi connectivity index (χ0v) is 9.59. The van der Waals surface area contributed by atoms with Crippen molar-refractivity contribution in [1.29, 1.82) is 0 Å². The molecule has 0 saturated heterocycles. The number of nitro groups is 1. The van der Waals surface area contributed by atoms with Crippen LogP contribution >= 0.6 is 11.6 Å². The molecule has 0 aliphatic rings. The molecule has 0 amide bonds. The summed E-state index contributed by atoms with van der Waals surface area (Å²) < 4.78 is 0. The molecule has 17 heavy (non-hydrogen) atoms. The van der Waals surface area contributed by atoms with Gasteiger partial charge in [0.05, 0.1) is 9.95 Å². The van der Waals surface area contributed by atoms with Gasteiger partial charge in [-0.25, -0.2) is 0 Å². The van der Waals surface area contributed by atoms with Crippen LogP contribution in [0.5, 0.6) is 0 Å². The van der Waals surface area contributed by atoms with Crippen LogP contribution in [0.4, 0.5) is 5.69 Å². The number of hydrogen-bond acceptors (Lipinski definition) is 3. The van der Waals surface area contributed by atoms with Crippen LogP contribution in [-0.4, -0.2) is 9.91 Å². The average Bonchev–Trinajstić information content (AvgIpc) is 2.29. The van der Waals surface area contributed by atoms with E-state index in [-0.39, 0.29) is 5.69 Å². The highest BCUT2D eigenvalue weighted by molar-refractivity contribution is 6.30. The smallest absolute Gasteiger partial charge is 0.263 e. The second-order valence-electron chi connectivity index (χ2n) is 3.62. The van der Waals surface area contributed by atoms with Crippen LogP contribution in [0.1, 0.15) is 11.1 Å². The zero-order chi connectivity index (χ0) is 12.3. The highest BCUT2D eigenvalue weighted by Crippen LogP contribution is 2.17. The summed E-state index contributed by atoms with van der Waals surface area (Å²) in [6, 6.07) is 8.34. The topological polar surface area (TPSA) is 56.0 Å². The molecule has 0 radical (unpaired) electrons. The van der Waals surface area contributed by atoms with Crippen molar-refractivity contribution in [2.45, 2.75) is 6.42 Å². The Labute approximate surface area is 103 Å². The molecule has 0 aliphatic carbocycles. The molecule has 0 N–H and O–H groups in total. The third-order valence-corrected chi connectivity index (χ3v) is 2.50. The SMILES string of the molecule is O=[N+]([O-])c1cccc(Cc2cncc(Cl)c2)c1. The van der Waals surface area contributed by atoms with Crippen molar-refractivity contribution in [3.63, 3.8) is 0 Å². The van der Waals surface area contributed by atoms with E-state index in [0.717, 1.165) is 11.1 Å². The van der Waals surface area contributed by atoms with Crippen molar-refractivity contribution in [3.8, 4) is 0 Å². The number of nitro benzene ring substituents is 1. The first-order valence-electron chi connectivity index (χ1n) is 4.98. The molecule has 2 rings (SSSR count). The molecule has 0 fully saturated rings. The van der Waals surface area contributed by atoms with Gasteiger partial charge < -0.3 is 0 Å². The first kappa shape index (κ1) is 11.5. The summed E-state index contributed by atoms with van der Waals surface area (Å²) in [6.07, 6.45) is 3.83. The molecule has 0 unspecified atom stereocenters. The minimum Gasteiger partial charge on any atom is -0.263 e. The first-order chi connectivity index (χ1) is 8.15. The van der Waals surface area contributed by atoms with E-state index >= 15 is 0 Å². The minimum atomic E-state index is -0.403. The highest BCUT2D eigenvalue weighted by atomic mass is 35.5. The summed E-state index contributed by atoms with van der Waals surface area (Å²) in [4.78, 5) is 14.2. The van der Waals surface area contributed by atoms with Crippen LogP contribution in [0, 0.1) is 10.1 Å². The summed E-state index contributed by atoms with van der Waals surface area (Å²) in [5, 5.41) is 11.2. The molecule has 0 spiro atoms. The molecule has 1 aromatic heterocycles. The van der Waals surface area contributed by atoms with E-state index in [1.54, 1.807) is 30.6 Å². The molecule has 86 valence electrons. The maximum Gasteiger partial charge on any atom is 0.269 e. The molecule has 0 aliphatic heterocycles.